The number of aromatic amines is 1. The van der Waals surface area contributed by atoms with Crippen molar-refractivity contribution in [3.63, 3.8) is 0 Å². The summed E-state index contributed by atoms with van der Waals surface area (Å²) in [7, 11) is 0. The number of carbonyl (C=O) groups excluding carboxylic acids is 1. The molecule has 1 aromatic carbocycles. The Bertz CT molecular complexity index is 647. The number of hydrogen-bond acceptors (Lipinski definition) is 5. The molecule has 0 aliphatic heterocycles. The molecule has 0 saturated heterocycles. The normalized spacial score (nSPS) is 10.2. The van der Waals surface area contributed by atoms with Crippen LogP contribution in [0.5, 0.6) is 5.75 Å². The van der Waals surface area contributed by atoms with Gasteiger partial charge in [0.15, 0.2) is 5.78 Å². The summed E-state index contributed by atoms with van der Waals surface area (Å²) >= 11 is 0. The van der Waals surface area contributed by atoms with Crippen molar-refractivity contribution in [2.24, 2.45) is 0 Å². The van der Waals surface area contributed by atoms with Crippen LogP contribution in [-0.4, -0.2) is 22.4 Å². The van der Waals surface area contributed by atoms with E-state index in [4.69, 9.17) is 10.5 Å². The summed E-state index contributed by atoms with van der Waals surface area (Å²) in [6.07, 6.45) is 1.17. The molecule has 0 amide bonds. The second kappa shape index (κ2) is 5.34. The Morgan fingerprint density at radius 2 is 2.05 bits per heavy atom. The monoisotopic (exact) mass is 259 g/mol. The fourth-order valence-corrected chi connectivity index (χ4v) is 1.61. The molecule has 0 bridgehead atoms. The highest BCUT2D eigenvalue weighted by Gasteiger charge is 2.13. The summed E-state index contributed by atoms with van der Waals surface area (Å²) in [6.45, 7) is 2.44. The van der Waals surface area contributed by atoms with Gasteiger partial charge < -0.3 is 10.5 Å². The van der Waals surface area contributed by atoms with Crippen LogP contribution in [0.2, 0.25) is 0 Å². The molecule has 0 saturated carbocycles. The molecule has 0 fully saturated rings. The van der Waals surface area contributed by atoms with Gasteiger partial charge in [-0.3, -0.25) is 9.78 Å². The third-order valence-corrected chi connectivity index (χ3v) is 2.51. The van der Waals surface area contributed by atoms with Gasteiger partial charge in [-0.2, -0.15) is 0 Å². The first-order valence-electron chi connectivity index (χ1n) is 5.74. The SMILES string of the molecule is CCOc1ccc(C(=O)c2cnc(=O)[nH]c2N)cc1. The second-order valence-corrected chi connectivity index (χ2v) is 3.80. The third kappa shape index (κ3) is 2.79. The van der Waals surface area contributed by atoms with E-state index in [2.05, 4.69) is 9.97 Å². The summed E-state index contributed by atoms with van der Waals surface area (Å²) < 4.78 is 5.29. The minimum atomic E-state index is -0.583. The highest BCUT2D eigenvalue weighted by Crippen LogP contribution is 2.16. The molecule has 19 heavy (non-hydrogen) atoms. The van der Waals surface area contributed by atoms with Gasteiger partial charge in [0.05, 0.1) is 12.2 Å². The first-order chi connectivity index (χ1) is 9.11. The Morgan fingerprint density at radius 1 is 1.37 bits per heavy atom. The molecule has 0 aliphatic rings. The summed E-state index contributed by atoms with van der Waals surface area (Å²) in [5.41, 5.74) is 5.63. The van der Waals surface area contributed by atoms with Crippen LogP contribution in [0.1, 0.15) is 22.8 Å². The van der Waals surface area contributed by atoms with E-state index in [1.165, 1.54) is 6.20 Å². The number of nitrogen functional groups attached to an aromatic ring is 1. The molecule has 6 heteroatoms. The van der Waals surface area contributed by atoms with Crippen molar-refractivity contribution in [3.8, 4) is 5.75 Å². The van der Waals surface area contributed by atoms with E-state index in [-0.39, 0.29) is 17.2 Å². The van der Waals surface area contributed by atoms with E-state index in [1.807, 2.05) is 6.92 Å². The van der Waals surface area contributed by atoms with Crippen LogP contribution in [0.3, 0.4) is 0 Å². The van der Waals surface area contributed by atoms with Crippen LogP contribution in [0, 0.1) is 0 Å². The Morgan fingerprint density at radius 3 is 2.63 bits per heavy atom. The zero-order chi connectivity index (χ0) is 13.8. The highest BCUT2D eigenvalue weighted by molar-refractivity contribution is 6.11. The lowest BCUT2D eigenvalue weighted by atomic mass is 10.1. The summed E-state index contributed by atoms with van der Waals surface area (Å²) in [5.74, 6) is 0.398. The maximum atomic E-state index is 12.2. The van der Waals surface area contributed by atoms with Crippen LogP contribution < -0.4 is 16.2 Å². The summed E-state index contributed by atoms with van der Waals surface area (Å²) in [5, 5.41) is 0. The van der Waals surface area contributed by atoms with Gasteiger partial charge in [0.2, 0.25) is 0 Å². The number of ketones is 1. The number of carbonyl (C=O) groups is 1. The number of H-pyrrole nitrogens is 1. The molecular formula is C13H13N3O3. The number of nitrogens with zero attached hydrogens (tertiary/aromatic N) is 1. The summed E-state index contributed by atoms with van der Waals surface area (Å²) in [6, 6.07) is 6.67. The average Bonchev–Trinajstić information content (AvgIpc) is 2.39. The number of anilines is 1. The van der Waals surface area contributed by atoms with Gasteiger partial charge in [-0.05, 0) is 31.2 Å². The standard InChI is InChI=1S/C13H13N3O3/c1-2-19-9-5-3-8(4-6-9)11(17)10-7-15-13(18)16-12(10)14/h3-7H,2H2,1H3,(H3,14,15,16,18). The van der Waals surface area contributed by atoms with Crippen LogP contribution >= 0.6 is 0 Å². The van der Waals surface area contributed by atoms with Gasteiger partial charge in [-0.1, -0.05) is 0 Å². The van der Waals surface area contributed by atoms with Crippen molar-refractivity contribution in [2.75, 3.05) is 12.3 Å². The average molecular weight is 259 g/mol. The number of benzene rings is 1. The van der Waals surface area contributed by atoms with Gasteiger partial charge in [-0.25, -0.2) is 9.78 Å². The van der Waals surface area contributed by atoms with E-state index in [0.29, 0.717) is 17.9 Å². The van der Waals surface area contributed by atoms with Gasteiger partial charge >= 0.3 is 5.69 Å². The molecule has 0 aliphatic carbocycles. The molecule has 0 atom stereocenters. The molecule has 0 spiro atoms. The molecule has 6 nitrogen and oxygen atoms in total. The molecule has 3 N–H and O–H groups in total. The predicted molar refractivity (Wildman–Crippen MR) is 70.3 cm³/mol. The van der Waals surface area contributed by atoms with Crippen LogP contribution in [-0.2, 0) is 0 Å². The van der Waals surface area contributed by atoms with Crippen molar-refractivity contribution in [2.45, 2.75) is 6.92 Å². The molecule has 0 unspecified atom stereocenters. The Hall–Kier alpha value is -2.63. The molecule has 2 aromatic rings. The molecule has 2 rings (SSSR count). The lowest BCUT2D eigenvalue weighted by Gasteiger charge is -2.05. The Balaban J connectivity index is 2.30. The van der Waals surface area contributed by atoms with E-state index in [0.717, 1.165) is 0 Å². The first kappa shape index (κ1) is 12.8. The van der Waals surface area contributed by atoms with Crippen LogP contribution in [0.4, 0.5) is 5.82 Å². The number of nitrogens with two attached hydrogens (primary N) is 1. The van der Waals surface area contributed by atoms with Crippen molar-refractivity contribution in [3.05, 3.63) is 52.1 Å². The highest BCUT2D eigenvalue weighted by atomic mass is 16.5. The quantitative estimate of drug-likeness (QED) is 0.797. The zero-order valence-corrected chi connectivity index (χ0v) is 10.3. The largest absolute Gasteiger partial charge is 0.494 e. The lowest BCUT2D eigenvalue weighted by Crippen LogP contribution is -2.17. The van der Waals surface area contributed by atoms with Crippen LogP contribution in [0.15, 0.2) is 35.3 Å². The molecule has 1 aromatic heterocycles. The third-order valence-electron chi connectivity index (χ3n) is 2.51. The van der Waals surface area contributed by atoms with Crippen molar-refractivity contribution < 1.29 is 9.53 Å². The zero-order valence-electron chi connectivity index (χ0n) is 10.3. The van der Waals surface area contributed by atoms with E-state index in [1.54, 1.807) is 24.3 Å². The second-order valence-electron chi connectivity index (χ2n) is 3.80. The van der Waals surface area contributed by atoms with Gasteiger partial charge in [0.25, 0.3) is 0 Å². The maximum absolute atomic E-state index is 12.2. The fraction of sp³-hybridized carbons (Fsp3) is 0.154. The number of rotatable bonds is 4. The fourth-order valence-electron chi connectivity index (χ4n) is 1.61. The summed E-state index contributed by atoms with van der Waals surface area (Å²) in [4.78, 5) is 28.9. The van der Waals surface area contributed by atoms with Crippen molar-refractivity contribution in [1.82, 2.24) is 9.97 Å². The van der Waals surface area contributed by atoms with Crippen LogP contribution in [0.25, 0.3) is 0 Å². The molecule has 0 radical (unpaired) electrons. The van der Waals surface area contributed by atoms with E-state index >= 15 is 0 Å². The van der Waals surface area contributed by atoms with E-state index < -0.39 is 5.69 Å². The minimum absolute atomic E-state index is 0.0129. The maximum Gasteiger partial charge on any atom is 0.346 e. The van der Waals surface area contributed by atoms with Gasteiger partial charge in [0, 0.05) is 11.8 Å². The molecule has 1 heterocycles. The van der Waals surface area contributed by atoms with Gasteiger partial charge in [-0.15, -0.1) is 0 Å². The first-order valence-corrected chi connectivity index (χ1v) is 5.74. The molecule has 98 valence electrons. The minimum Gasteiger partial charge on any atom is -0.494 e. The number of nitrogens with one attached hydrogen (secondary N) is 1. The topological polar surface area (TPSA) is 98.1 Å². The van der Waals surface area contributed by atoms with E-state index in [9.17, 15) is 9.59 Å². The van der Waals surface area contributed by atoms with Crippen molar-refractivity contribution in [1.29, 1.82) is 0 Å². The van der Waals surface area contributed by atoms with Gasteiger partial charge in [0.1, 0.15) is 11.6 Å². The predicted octanol–water partition coefficient (Wildman–Crippen LogP) is 0.982. The Kier molecular flexibility index (Phi) is 3.61. The number of ether oxygens (including phenoxy) is 1. The Labute approximate surface area is 109 Å². The smallest absolute Gasteiger partial charge is 0.346 e. The molecular weight excluding hydrogens is 246 g/mol. The lowest BCUT2D eigenvalue weighted by molar-refractivity contribution is 0.103. The van der Waals surface area contributed by atoms with Crippen molar-refractivity contribution >= 4 is 11.6 Å². The number of aromatic nitrogens is 2. The number of hydrogen-bond donors (Lipinski definition) is 2.